The van der Waals surface area contributed by atoms with Crippen molar-refractivity contribution in [3.05, 3.63) is 35.9 Å². The highest BCUT2D eigenvalue weighted by Gasteiger charge is 2.47. The Balaban J connectivity index is 2.40. The van der Waals surface area contributed by atoms with Gasteiger partial charge in [-0.05, 0) is 42.6 Å². The SMILES string of the molecule is O=C(O)C(C(=O)O)C1CCC(C(C(=O)O)C(=O)O)C(c2ccccc2)C1. The molecule has 0 aliphatic heterocycles. The third-order valence-corrected chi connectivity index (χ3v) is 5.14. The minimum absolute atomic E-state index is 0.106. The normalized spacial score (nSPS) is 22.9. The van der Waals surface area contributed by atoms with Crippen molar-refractivity contribution < 1.29 is 39.6 Å². The Morgan fingerprint density at radius 1 is 0.769 bits per heavy atom. The number of carbonyl (C=O) groups is 4. The maximum atomic E-state index is 11.5. The molecule has 2 rings (SSSR count). The molecule has 1 aliphatic carbocycles. The summed E-state index contributed by atoms with van der Waals surface area (Å²) in [6.45, 7) is 0. The molecule has 3 unspecified atom stereocenters. The number of rotatable bonds is 7. The van der Waals surface area contributed by atoms with Crippen LogP contribution in [-0.2, 0) is 19.2 Å². The second kappa shape index (κ2) is 7.99. The fourth-order valence-corrected chi connectivity index (χ4v) is 3.99. The monoisotopic (exact) mass is 364 g/mol. The van der Waals surface area contributed by atoms with Gasteiger partial charge in [0.1, 0.15) is 0 Å². The molecule has 8 heteroatoms. The quantitative estimate of drug-likeness (QED) is 0.535. The third kappa shape index (κ3) is 4.01. The Morgan fingerprint density at radius 3 is 1.73 bits per heavy atom. The molecule has 1 aromatic rings. The lowest BCUT2D eigenvalue weighted by Crippen LogP contribution is -2.41. The van der Waals surface area contributed by atoms with Gasteiger partial charge in [-0.25, -0.2) is 0 Å². The van der Waals surface area contributed by atoms with Crippen LogP contribution in [-0.4, -0.2) is 44.3 Å². The van der Waals surface area contributed by atoms with E-state index in [9.17, 15) is 39.6 Å². The van der Waals surface area contributed by atoms with Gasteiger partial charge in [0.05, 0.1) is 0 Å². The first kappa shape index (κ1) is 19.4. The van der Waals surface area contributed by atoms with E-state index in [0.717, 1.165) is 0 Å². The zero-order valence-corrected chi connectivity index (χ0v) is 13.8. The summed E-state index contributed by atoms with van der Waals surface area (Å²) in [5.41, 5.74) is 0.684. The molecule has 140 valence electrons. The van der Waals surface area contributed by atoms with Crippen LogP contribution in [0.15, 0.2) is 30.3 Å². The van der Waals surface area contributed by atoms with Crippen LogP contribution in [0.25, 0.3) is 0 Å². The number of aliphatic carboxylic acids is 4. The molecule has 1 fully saturated rings. The second-order valence-corrected chi connectivity index (χ2v) is 6.56. The molecule has 0 saturated heterocycles. The Hall–Kier alpha value is -2.90. The van der Waals surface area contributed by atoms with E-state index in [1.54, 1.807) is 30.3 Å². The van der Waals surface area contributed by atoms with Crippen LogP contribution in [0.3, 0.4) is 0 Å². The van der Waals surface area contributed by atoms with Crippen molar-refractivity contribution in [3.8, 4) is 0 Å². The summed E-state index contributed by atoms with van der Waals surface area (Å²) in [6, 6.07) is 8.63. The fourth-order valence-electron chi connectivity index (χ4n) is 3.99. The molecule has 0 bridgehead atoms. The summed E-state index contributed by atoms with van der Waals surface area (Å²) in [4.78, 5) is 45.7. The zero-order chi connectivity index (χ0) is 19.4. The largest absolute Gasteiger partial charge is 0.481 e. The van der Waals surface area contributed by atoms with Gasteiger partial charge in [-0.3, -0.25) is 19.2 Å². The summed E-state index contributed by atoms with van der Waals surface area (Å²) < 4.78 is 0. The van der Waals surface area contributed by atoms with Crippen LogP contribution in [0.4, 0.5) is 0 Å². The van der Waals surface area contributed by atoms with E-state index >= 15 is 0 Å². The second-order valence-electron chi connectivity index (χ2n) is 6.56. The van der Waals surface area contributed by atoms with Gasteiger partial charge in [0.25, 0.3) is 0 Å². The zero-order valence-electron chi connectivity index (χ0n) is 13.8. The molecule has 26 heavy (non-hydrogen) atoms. The van der Waals surface area contributed by atoms with E-state index in [4.69, 9.17) is 0 Å². The molecular weight excluding hydrogens is 344 g/mol. The molecule has 0 amide bonds. The number of carboxylic acid groups (broad SMARTS) is 4. The molecule has 0 spiro atoms. The maximum Gasteiger partial charge on any atom is 0.318 e. The van der Waals surface area contributed by atoms with E-state index in [1.165, 1.54) is 0 Å². The lowest BCUT2D eigenvalue weighted by molar-refractivity contribution is -0.163. The van der Waals surface area contributed by atoms with Crippen LogP contribution < -0.4 is 0 Å². The molecule has 4 N–H and O–H groups in total. The Bertz CT molecular complexity index is 670. The predicted octanol–water partition coefficient (Wildman–Crippen LogP) is 1.76. The number of hydrogen-bond donors (Lipinski definition) is 4. The summed E-state index contributed by atoms with van der Waals surface area (Å²) >= 11 is 0. The van der Waals surface area contributed by atoms with Crippen molar-refractivity contribution >= 4 is 23.9 Å². The highest BCUT2D eigenvalue weighted by Crippen LogP contribution is 2.46. The van der Waals surface area contributed by atoms with E-state index in [-0.39, 0.29) is 19.3 Å². The molecule has 0 radical (unpaired) electrons. The van der Waals surface area contributed by atoms with Gasteiger partial charge in [-0.1, -0.05) is 30.3 Å². The molecule has 1 aliphatic rings. The van der Waals surface area contributed by atoms with Crippen LogP contribution in [0.2, 0.25) is 0 Å². The lowest BCUT2D eigenvalue weighted by Gasteiger charge is -2.39. The molecular formula is C18H20O8. The fraction of sp³-hybridized carbons (Fsp3) is 0.444. The number of hydrogen-bond acceptors (Lipinski definition) is 4. The highest BCUT2D eigenvalue weighted by atomic mass is 16.4. The van der Waals surface area contributed by atoms with Gasteiger partial charge >= 0.3 is 23.9 Å². The van der Waals surface area contributed by atoms with Crippen LogP contribution in [0, 0.1) is 23.7 Å². The molecule has 1 saturated carbocycles. The topological polar surface area (TPSA) is 149 Å². The van der Waals surface area contributed by atoms with Gasteiger partial charge in [-0.15, -0.1) is 0 Å². The van der Waals surface area contributed by atoms with E-state index in [2.05, 4.69) is 0 Å². The first-order valence-electron chi connectivity index (χ1n) is 8.20. The Labute approximate surface area is 149 Å². The number of carboxylic acids is 4. The minimum atomic E-state index is -1.63. The molecule has 0 heterocycles. The molecule has 8 nitrogen and oxygen atoms in total. The standard InChI is InChI=1S/C18H20O8/c19-15(20)13(16(21)22)10-6-7-11(14(17(23)24)18(25)26)12(8-10)9-4-2-1-3-5-9/h1-5,10-14H,6-8H2,(H,19,20)(H,21,22)(H,23,24)(H,25,26). The Kier molecular flexibility index (Phi) is 5.97. The van der Waals surface area contributed by atoms with Gasteiger partial charge in [-0.2, -0.15) is 0 Å². The lowest BCUT2D eigenvalue weighted by atomic mass is 9.64. The molecule has 0 aromatic heterocycles. The molecule has 1 aromatic carbocycles. The third-order valence-electron chi connectivity index (χ3n) is 5.14. The summed E-state index contributed by atoms with van der Waals surface area (Å²) in [7, 11) is 0. The van der Waals surface area contributed by atoms with Crippen molar-refractivity contribution in [2.75, 3.05) is 0 Å². The van der Waals surface area contributed by atoms with Crippen LogP contribution in [0.5, 0.6) is 0 Å². The summed E-state index contributed by atoms with van der Waals surface area (Å²) in [5.74, 6) is -11.0. The predicted molar refractivity (Wildman–Crippen MR) is 87.5 cm³/mol. The first-order valence-corrected chi connectivity index (χ1v) is 8.20. The Morgan fingerprint density at radius 2 is 1.27 bits per heavy atom. The highest BCUT2D eigenvalue weighted by molar-refractivity contribution is 5.94. The minimum Gasteiger partial charge on any atom is -0.481 e. The van der Waals surface area contributed by atoms with Gasteiger partial charge < -0.3 is 20.4 Å². The van der Waals surface area contributed by atoms with Gasteiger partial charge in [0, 0.05) is 0 Å². The molecule has 3 atom stereocenters. The van der Waals surface area contributed by atoms with Gasteiger partial charge in [0.15, 0.2) is 11.8 Å². The number of benzene rings is 1. The maximum absolute atomic E-state index is 11.5. The average Bonchev–Trinajstić information content (AvgIpc) is 2.55. The van der Waals surface area contributed by atoms with Crippen molar-refractivity contribution in [2.45, 2.75) is 25.2 Å². The average molecular weight is 364 g/mol. The van der Waals surface area contributed by atoms with E-state index in [0.29, 0.717) is 5.56 Å². The van der Waals surface area contributed by atoms with E-state index < -0.39 is 53.5 Å². The summed E-state index contributed by atoms with van der Waals surface area (Å²) in [5, 5.41) is 37.2. The van der Waals surface area contributed by atoms with Gasteiger partial charge in [0.2, 0.25) is 0 Å². The van der Waals surface area contributed by atoms with E-state index in [1.807, 2.05) is 0 Å². The van der Waals surface area contributed by atoms with Crippen molar-refractivity contribution in [1.29, 1.82) is 0 Å². The smallest absolute Gasteiger partial charge is 0.318 e. The van der Waals surface area contributed by atoms with Crippen LogP contribution >= 0.6 is 0 Å². The first-order chi connectivity index (χ1) is 12.2. The van der Waals surface area contributed by atoms with Crippen molar-refractivity contribution in [1.82, 2.24) is 0 Å². The summed E-state index contributed by atoms with van der Waals surface area (Å²) in [6.07, 6.45) is 0.383. The van der Waals surface area contributed by atoms with Crippen molar-refractivity contribution in [3.63, 3.8) is 0 Å². The van der Waals surface area contributed by atoms with Crippen molar-refractivity contribution in [2.24, 2.45) is 23.7 Å². The van der Waals surface area contributed by atoms with Crippen LogP contribution in [0.1, 0.15) is 30.7 Å².